The number of hydrogen-bond acceptors (Lipinski definition) is 6. The van der Waals surface area contributed by atoms with Gasteiger partial charge in [0.25, 0.3) is 0 Å². The standard InChI is InChI=1S/C14H26O4S2/c1-3-5-9-17-13(15)7-11-19-20-12-8-14(16)18-10-6-4-2/h3-12H2,1-2H3. The molecule has 0 aliphatic carbocycles. The van der Waals surface area contributed by atoms with Crippen LogP contribution < -0.4 is 0 Å². The molecule has 0 amide bonds. The lowest BCUT2D eigenvalue weighted by Crippen LogP contribution is -2.07. The molecule has 0 aliphatic heterocycles. The molecule has 118 valence electrons. The number of unbranched alkanes of at least 4 members (excludes halogenated alkanes) is 2. The van der Waals surface area contributed by atoms with Crippen molar-refractivity contribution in [1.82, 2.24) is 0 Å². The van der Waals surface area contributed by atoms with E-state index in [-0.39, 0.29) is 11.9 Å². The van der Waals surface area contributed by atoms with E-state index in [1.807, 2.05) is 0 Å². The Balaban J connectivity index is 3.27. The molecule has 0 aliphatic rings. The molecular formula is C14H26O4S2. The average molecular weight is 322 g/mol. The molecule has 0 N–H and O–H groups in total. The van der Waals surface area contributed by atoms with Crippen molar-refractivity contribution in [3.63, 3.8) is 0 Å². The third kappa shape index (κ3) is 14.1. The van der Waals surface area contributed by atoms with E-state index in [1.54, 1.807) is 21.6 Å². The summed E-state index contributed by atoms with van der Waals surface area (Å²) in [5.74, 6) is 1.18. The number of esters is 2. The minimum absolute atomic E-state index is 0.134. The lowest BCUT2D eigenvalue weighted by atomic mass is 10.4. The summed E-state index contributed by atoms with van der Waals surface area (Å²) >= 11 is 0. The third-order valence-corrected chi connectivity index (χ3v) is 4.79. The average Bonchev–Trinajstić information content (AvgIpc) is 2.43. The zero-order chi connectivity index (χ0) is 15.1. The van der Waals surface area contributed by atoms with Gasteiger partial charge in [0.1, 0.15) is 0 Å². The highest BCUT2D eigenvalue weighted by Crippen LogP contribution is 2.23. The SMILES string of the molecule is CCCCOC(=O)CCSSCCC(=O)OCCCC. The van der Waals surface area contributed by atoms with Gasteiger partial charge in [-0.1, -0.05) is 48.3 Å². The summed E-state index contributed by atoms with van der Waals surface area (Å²) in [5, 5.41) is 0. The summed E-state index contributed by atoms with van der Waals surface area (Å²) in [5.41, 5.74) is 0. The van der Waals surface area contributed by atoms with Crippen molar-refractivity contribution in [3.8, 4) is 0 Å². The zero-order valence-corrected chi connectivity index (χ0v) is 14.2. The Hall–Kier alpha value is -0.360. The molecule has 0 heterocycles. The Labute approximate surface area is 130 Å². The molecule has 0 bridgehead atoms. The molecule has 0 atom stereocenters. The summed E-state index contributed by atoms with van der Waals surface area (Å²) in [7, 11) is 3.20. The van der Waals surface area contributed by atoms with E-state index in [0.717, 1.165) is 37.2 Å². The summed E-state index contributed by atoms with van der Waals surface area (Å²) in [6, 6.07) is 0. The van der Waals surface area contributed by atoms with Crippen molar-refractivity contribution in [3.05, 3.63) is 0 Å². The second-order valence-corrected chi connectivity index (χ2v) is 6.99. The first-order chi connectivity index (χ1) is 9.70. The second kappa shape index (κ2) is 15.0. The molecule has 0 aromatic heterocycles. The number of hydrogen-bond donors (Lipinski definition) is 0. The molecule has 0 saturated heterocycles. The van der Waals surface area contributed by atoms with Crippen LogP contribution in [0.25, 0.3) is 0 Å². The van der Waals surface area contributed by atoms with Gasteiger partial charge in [-0.2, -0.15) is 0 Å². The van der Waals surface area contributed by atoms with Crippen LogP contribution in [-0.4, -0.2) is 36.7 Å². The zero-order valence-electron chi connectivity index (χ0n) is 12.5. The van der Waals surface area contributed by atoms with Gasteiger partial charge in [-0.15, -0.1) is 0 Å². The largest absolute Gasteiger partial charge is 0.466 e. The summed E-state index contributed by atoms with van der Waals surface area (Å²) in [6.07, 6.45) is 4.78. The highest BCUT2D eigenvalue weighted by atomic mass is 33.1. The van der Waals surface area contributed by atoms with Gasteiger partial charge in [0, 0.05) is 11.5 Å². The molecule has 6 heteroatoms. The van der Waals surface area contributed by atoms with Crippen LogP contribution >= 0.6 is 21.6 Å². The number of carbonyl (C=O) groups excluding carboxylic acids is 2. The van der Waals surface area contributed by atoms with Gasteiger partial charge in [-0.05, 0) is 12.8 Å². The Bertz CT molecular complexity index is 234. The van der Waals surface area contributed by atoms with Crippen molar-refractivity contribution in [2.45, 2.75) is 52.4 Å². The summed E-state index contributed by atoms with van der Waals surface area (Å²) < 4.78 is 10.1. The molecule has 20 heavy (non-hydrogen) atoms. The first-order valence-electron chi connectivity index (χ1n) is 7.26. The maximum atomic E-state index is 11.3. The minimum Gasteiger partial charge on any atom is -0.466 e. The lowest BCUT2D eigenvalue weighted by Gasteiger charge is -2.04. The van der Waals surface area contributed by atoms with Crippen LogP contribution in [-0.2, 0) is 19.1 Å². The van der Waals surface area contributed by atoms with E-state index in [2.05, 4.69) is 13.8 Å². The van der Waals surface area contributed by atoms with E-state index >= 15 is 0 Å². The molecule has 0 fully saturated rings. The van der Waals surface area contributed by atoms with Crippen LogP contribution in [0.1, 0.15) is 52.4 Å². The van der Waals surface area contributed by atoms with Crippen LogP contribution in [0.5, 0.6) is 0 Å². The molecule has 0 rings (SSSR count). The number of rotatable bonds is 13. The summed E-state index contributed by atoms with van der Waals surface area (Å²) in [4.78, 5) is 22.6. The number of ether oxygens (including phenoxy) is 2. The normalized spacial score (nSPS) is 10.3. The van der Waals surface area contributed by atoms with Crippen LogP contribution in [0.3, 0.4) is 0 Å². The highest BCUT2D eigenvalue weighted by Gasteiger charge is 2.04. The van der Waals surface area contributed by atoms with Crippen molar-refractivity contribution in [2.75, 3.05) is 24.7 Å². The quantitative estimate of drug-likeness (QED) is 0.292. The van der Waals surface area contributed by atoms with E-state index < -0.39 is 0 Å². The highest BCUT2D eigenvalue weighted by molar-refractivity contribution is 8.76. The second-order valence-electron chi connectivity index (χ2n) is 4.29. The van der Waals surface area contributed by atoms with Gasteiger partial charge in [0.2, 0.25) is 0 Å². The smallest absolute Gasteiger partial charge is 0.306 e. The first kappa shape index (κ1) is 19.6. The molecule has 0 aromatic rings. The van der Waals surface area contributed by atoms with Crippen LogP contribution in [0, 0.1) is 0 Å². The fraction of sp³-hybridized carbons (Fsp3) is 0.857. The minimum atomic E-state index is -0.134. The van der Waals surface area contributed by atoms with E-state index in [4.69, 9.17) is 9.47 Å². The lowest BCUT2D eigenvalue weighted by molar-refractivity contribution is -0.144. The van der Waals surface area contributed by atoms with Gasteiger partial charge in [0.15, 0.2) is 0 Å². The molecule has 0 saturated carbocycles. The van der Waals surface area contributed by atoms with Gasteiger partial charge < -0.3 is 9.47 Å². The fourth-order valence-electron chi connectivity index (χ4n) is 1.17. The van der Waals surface area contributed by atoms with Crippen molar-refractivity contribution in [1.29, 1.82) is 0 Å². The molecule has 4 nitrogen and oxygen atoms in total. The van der Waals surface area contributed by atoms with Crippen LogP contribution in [0.2, 0.25) is 0 Å². The number of carbonyl (C=O) groups is 2. The van der Waals surface area contributed by atoms with Crippen molar-refractivity contribution >= 4 is 33.5 Å². The fourth-order valence-corrected chi connectivity index (χ4v) is 3.12. The van der Waals surface area contributed by atoms with Gasteiger partial charge in [-0.3, -0.25) is 9.59 Å². The van der Waals surface area contributed by atoms with Gasteiger partial charge >= 0.3 is 11.9 Å². The first-order valence-corrected chi connectivity index (χ1v) is 9.75. The monoisotopic (exact) mass is 322 g/mol. The predicted octanol–water partition coefficient (Wildman–Crippen LogP) is 3.83. The van der Waals surface area contributed by atoms with Crippen molar-refractivity contribution in [2.24, 2.45) is 0 Å². The maximum absolute atomic E-state index is 11.3. The van der Waals surface area contributed by atoms with Crippen molar-refractivity contribution < 1.29 is 19.1 Å². The Morgan fingerprint density at radius 2 is 1.20 bits per heavy atom. The third-order valence-electron chi connectivity index (χ3n) is 2.38. The van der Waals surface area contributed by atoms with E-state index in [1.165, 1.54) is 0 Å². The molecular weight excluding hydrogens is 296 g/mol. The van der Waals surface area contributed by atoms with Gasteiger partial charge in [0.05, 0.1) is 26.1 Å². The Kier molecular flexibility index (Phi) is 14.8. The molecule has 0 radical (unpaired) electrons. The Morgan fingerprint density at radius 3 is 1.55 bits per heavy atom. The summed E-state index contributed by atoms with van der Waals surface area (Å²) in [6.45, 7) is 5.18. The van der Waals surface area contributed by atoms with E-state index in [0.29, 0.717) is 26.1 Å². The molecule has 0 spiro atoms. The maximum Gasteiger partial charge on any atom is 0.306 e. The van der Waals surface area contributed by atoms with Crippen LogP contribution in [0.4, 0.5) is 0 Å². The predicted molar refractivity (Wildman–Crippen MR) is 85.9 cm³/mol. The molecule has 0 unspecified atom stereocenters. The van der Waals surface area contributed by atoms with E-state index in [9.17, 15) is 9.59 Å². The topological polar surface area (TPSA) is 52.6 Å². The van der Waals surface area contributed by atoms with Crippen LogP contribution in [0.15, 0.2) is 0 Å². The Morgan fingerprint density at radius 1 is 0.800 bits per heavy atom. The molecule has 0 aromatic carbocycles. The van der Waals surface area contributed by atoms with Gasteiger partial charge in [-0.25, -0.2) is 0 Å².